The summed E-state index contributed by atoms with van der Waals surface area (Å²) < 4.78 is 0. The third kappa shape index (κ3) is 2.72. The van der Waals surface area contributed by atoms with E-state index in [9.17, 15) is 4.79 Å². The molecule has 3 heteroatoms. The Morgan fingerprint density at radius 3 is 2.67 bits per heavy atom. The second-order valence-corrected chi connectivity index (χ2v) is 5.10. The summed E-state index contributed by atoms with van der Waals surface area (Å²) in [5.74, 6) is 0.248. The summed E-state index contributed by atoms with van der Waals surface area (Å²) in [5, 5.41) is 3.22. The summed E-state index contributed by atoms with van der Waals surface area (Å²) in [6.45, 7) is 8.87. The van der Waals surface area contributed by atoms with Crippen LogP contribution in [0.1, 0.15) is 23.6 Å². The lowest BCUT2D eigenvalue weighted by Crippen LogP contribution is -2.59. The van der Waals surface area contributed by atoms with Crippen LogP contribution in [0.2, 0.25) is 0 Å². The molecule has 18 heavy (non-hydrogen) atoms. The zero-order chi connectivity index (χ0) is 13.1. The lowest BCUT2D eigenvalue weighted by atomic mass is 10.0. The Hall–Kier alpha value is -1.35. The van der Waals surface area contributed by atoms with Crippen molar-refractivity contribution in [1.29, 1.82) is 0 Å². The van der Waals surface area contributed by atoms with Gasteiger partial charge in [0.2, 0.25) is 5.91 Å². The highest BCUT2D eigenvalue weighted by molar-refractivity contribution is 5.79. The molecule has 98 valence electrons. The number of hydrogen-bond donors (Lipinski definition) is 1. The zero-order valence-electron chi connectivity index (χ0n) is 11.5. The molecule has 2 rings (SSSR count). The van der Waals surface area contributed by atoms with Gasteiger partial charge in [-0.15, -0.1) is 0 Å². The van der Waals surface area contributed by atoms with Crippen molar-refractivity contribution in [3.8, 4) is 0 Å². The minimum Gasteiger partial charge on any atom is -0.337 e. The molecule has 0 unspecified atom stereocenters. The molecule has 0 radical (unpaired) electrons. The number of carbonyl (C=O) groups is 1. The lowest BCUT2D eigenvalue weighted by Gasteiger charge is -2.37. The topological polar surface area (TPSA) is 32.3 Å². The van der Waals surface area contributed by atoms with Crippen molar-refractivity contribution >= 4 is 5.91 Å². The SMILES string of the molecule is CCN(C(=O)Cc1cc(C)ccc1C)C1CNC1. The van der Waals surface area contributed by atoms with Crippen LogP contribution in [-0.2, 0) is 11.2 Å². The number of benzene rings is 1. The minimum atomic E-state index is 0.248. The highest BCUT2D eigenvalue weighted by Crippen LogP contribution is 2.14. The van der Waals surface area contributed by atoms with Gasteiger partial charge in [-0.3, -0.25) is 4.79 Å². The van der Waals surface area contributed by atoms with Crippen LogP contribution in [0.15, 0.2) is 18.2 Å². The molecule has 1 fully saturated rings. The van der Waals surface area contributed by atoms with Gasteiger partial charge in [-0.2, -0.15) is 0 Å². The third-order valence-electron chi connectivity index (χ3n) is 3.71. The Labute approximate surface area is 109 Å². The normalized spacial score (nSPS) is 15.3. The van der Waals surface area contributed by atoms with E-state index >= 15 is 0 Å². The largest absolute Gasteiger partial charge is 0.337 e. The third-order valence-corrected chi connectivity index (χ3v) is 3.71. The molecule has 0 saturated carbocycles. The Morgan fingerprint density at radius 1 is 1.39 bits per heavy atom. The minimum absolute atomic E-state index is 0.248. The molecule has 0 bridgehead atoms. The number of aryl methyl sites for hydroxylation is 2. The lowest BCUT2D eigenvalue weighted by molar-refractivity contribution is -0.133. The number of hydrogen-bond acceptors (Lipinski definition) is 2. The van der Waals surface area contributed by atoms with Gasteiger partial charge in [-0.25, -0.2) is 0 Å². The van der Waals surface area contributed by atoms with E-state index in [1.165, 1.54) is 11.1 Å². The fraction of sp³-hybridized carbons (Fsp3) is 0.533. The standard InChI is InChI=1S/C15H22N2O/c1-4-17(14-9-16-10-14)15(18)8-13-7-11(2)5-6-12(13)3/h5-7,14,16H,4,8-10H2,1-3H3. The molecule has 1 aliphatic rings. The van der Waals surface area contributed by atoms with Crippen molar-refractivity contribution < 1.29 is 4.79 Å². The van der Waals surface area contributed by atoms with E-state index < -0.39 is 0 Å². The van der Waals surface area contributed by atoms with Crippen LogP contribution in [0.3, 0.4) is 0 Å². The van der Waals surface area contributed by atoms with E-state index in [4.69, 9.17) is 0 Å². The van der Waals surface area contributed by atoms with E-state index in [2.05, 4.69) is 44.3 Å². The fourth-order valence-electron chi connectivity index (χ4n) is 2.39. The van der Waals surface area contributed by atoms with E-state index in [1.807, 2.05) is 4.90 Å². The van der Waals surface area contributed by atoms with E-state index in [1.54, 1.807) is 0 Å². The second kappa shape index (κ2) is 5.53. The van der Waals surface area contributed by atoms with Gasteiger partial charge in [0.05, 0.1) is 12.5 Å². The van der Waals surface area contributed by atoms with Crippen LogP contribution in [0.25, 0.3) is 0 Å². The van der Waals surface area contributed by atoms with Gasteiger partial charge in [-0.05, 0) is 31.9 Å². The van der Waals surface area contributed by atoms with Crippen molar-refractivity contribution in [1.82, 2.24) is 10.2 Å². The van der Waals surface area contributed by atoms with Gasteiger partial charge in [0.1, 0.15) is 0 Å². The molecular formula is C15H22N2O. The van der Waals surface area contributed by atoms with Gasteiger partial charge in [0.25, 0.3) is 0 Å². The number of likely N-dealkylation sites (N-methyl/N-ethyl adjacent to an activating group) is 1. The molecule has 0 spiro atoms. The first-order valence-corrected chi connectivity index (χ1v) is 6.68. The van der Waals surface area contributed by atoms with Crippen molar-refractivity contribution in [2.75, 3.05) is 19.6 Å². The molecule has 0 aliphatic carbocycles. The van der Waals surface area contributed by atoms with Crippen molar-refractivity contribution in [2.45, 2.75) is 33.2 Å². The molecule has 1 aliphatic heterocycles. The average molecular weight is 246 g/mol. The monoisotopic (exact) mass is 246 g/mol. The summed E-state index contributed by atoms with van der Waals surface area (Å²) in [7, 11) is 0. The van der Waals surface area contributed by atoms with Gasteiger partial charge < -0.3 is 10.2 Å². The smallest absolute Gasteiger partial charge is 0.227 e. The molecule has 1 amide bonds. The summed E-state index contributed by atoms with van der Waals surface area (Å²) in [6, 6.07) is 6.71. The average Bonchev–Trinajstić information content (AvgIpc) is 2.28. The Kier molecular flexibility index (Phi) is 4.02. The van der Waals surface area contributed by atoms with Crippen LogP contribution in [0.5, 0.6) is 0 Å². The predicted molar refractivity (Wildman–Crippen MR) is 73.7 cm³/mol. The van der Waals surface area contributed by atoms with Crippen LogP contribution < -0.4 is 5.32 Å². The maximum atomic E-state index is 12.3. The first-order valence-electron chi connectivity index (χ1n) is 6.68. The summed E-state index contributed by atoms with van der Waals surface area (Å²) >= 11 is 0. The molecule has 1 aromatic carbocycles. The first kappa shape index (κ1) is 13.1. The maximum absolute atomic E-state index is 12.3. The number of amides is 1. The zero-order valence-corrected chi connectivity index (χ0v) is 11.5. The highest BCUT2D eigenvalue weighted by Gasteiger charge is 2.27. The Morgan fingerprint density at radius 2 is 2.11 bits per heavy atom. The van der Waals surface area contributed by atoms with E-state index in [0.717, 1.165) is 25.2 Å². The van der Waals surface area contributed by atoms with Crippen molar-refractivity contribution in [3.63, 3.8) is 0 Å². The molecule has 0 atom stereocenters. The van der Waals surface area contributed by atoms with E-state index in [0.29, 0.717) is 12.5 Å². The van der Waals surface area contributed by atoms with Gasteiger partial charge in [-0.1, -0.05) is 23.8 Å². The molecule has 3 nitrogen and oxygen atoms in total. The maximum Gasteiger partial charge on any atom is 0.227 e. The quantitative estimate of drug-likeness (QED) is 0.876. The summed E-state index contributed by atoms with van der Waals surface area (Å²) in [5.41, 5.74) is 3.58. The highest BCUT2D eigenvalue weighted by atomic mass is 16.2. The fourth-order valence-corrected chi connectivity index (χ4v) is 2.39. The van der Waals surface area contributed by atoms with Crippen molar-refractivity contribution in [2.24, 2.45) is 0 Å². The number of carbonyl (C=O) groups excluding carboxylic acids is 1. The molecule has 1 N–H and O–H groups in total. The molecule has 1 aromatic rings. The van der Waals surface area contributed by atoms with Gasteiger partial charge >= 0.3 is 0 Å². The summed E-state index contributed by atoms with van der Waals surface area (Å²) in [4.78, 5) is 14.3. The Balaban J connectivity index is 2.07. The predicted octanol–water partition coefficient (Wildman–Crippen LogP) is 1.67. The number of nitrogens with one attached hydrogen (secondary N) is 1. The number of nitrogens with zero attached hydrogens (tertiary/aromatic N) is 1. The first-order chi connectivity index (χ1) is 8.61. The molecule has 1 saturated heterocycles. The molecule has 1 heterocycles. The van der Waals surface area contributed by atoms with Crippen molar-refractivity contribution in [3.05, 3.63) is 34.9 Å². The van der Waals surface area contributed by atoms with Gasteiger partial charge in [0.15, 0.2) is 0 Å². The summed E-state index contributed by atoms with van der Waals surface area (Å²) in [6.07, 6.45) is 0.526. The molecule has 0 aromatic heterocycles. The Bertz CT molecular complexity index is 438. The van der Waals surface area contributed by atoms with Crippen LogP contribution >= 0.6 is 0 Å². The second-order valence-electron chi connectivity index (χ2n) is 5.10. The van der Waals surface area contributed by atoms with Crippen LogP contribution in [-0.4, -0.2) is 36.5 Å². The van der Waals surface area contributed by atoms with Crippen LogP contribution in [0, 0.1) is 13.8 Å². The molecular weight excluding hydrogens is 224 g/mol. The van der Waals surface area contributed by atoms with E-state index in [-0.39, 0.29) is 5.91 Å². The van der Waals surface area contributed by atoms with Crippen LogP contribution in [0.4, 0.5) is 0 Å². The number of rotatable bonds is 4. The van der Waals surface area contributed by atoms with Gasteiger partial charge in [0, 0.05) is 19.6 Å².